The van der Waals surface area contributed by atoms with Crippen molar-refractivity contribution in [2.45, 2.75) is 59.8 Å². The number of hydrogen-bond acceptors (Lipinski definition) is 3. The van der Waals surface area contributed by atoms with E-state index in [2.05, 4.69) is 58.0 Å². The van der Waals surface area contributed by atoms with Crippen molar-refractivity contribution in [2.24, 2.45) is 4.99 Å². The maximum atomic E-state index is 9.57. The molecule has 0 spiro atoms. The predicted molar refractivity (Wildman–Crippen MR) is 133 cm³/mol. The topological polar surface area (TPSA) is 58.6 Å². The van der Waals surface area contributed by atoms with Crippen LogP contribution in [0.3, 0.4) is 0 Å². The Bertz CT molecular complexity index is 1040. The van der Waals surface area contributed by atoms with Gasteiger partial charge in [-0.15, -0.1) is 0 Å². The summed E-state index contributed by atoms with van der Waals surface area (Å²) in [4.78, 5) is 4.98. The van der Waals surface area contributed by atoms with Crippen LogP contribution < -0.4 is 5.73 Å². The van der Waals surface area contributed by atoms with E-state index in [4.69, 9.17) is 10.7 Å². The molecule has 0 bridgehead atoms. The van der Waals surface area contributed by atoms with Gasteiger partial charge >= 0.3 is 0 Å². The van der Waals surface area contributed by atoms with Gasteiger partial charge in [-0.05, 0) is 95.8 Å². The molecule has 0 aromatic heterocycles. The fourth-order valence-corrected chi connectivity index (χ4v) is 4.06. The van der Waals surface area contributed by atoms with Crippen LogP contribution in [0.15, 0.2) is 59.6 Å². The van der Waals surface area contributed by atoms with Crippen LogP contribution in [0.2, 0.25) is 0 Å². The molecule has 0 heterocycles. The molecule has 3 aromatic rings. The van der Waals surface area contributed by atoms with E-state index < -0.39 is 0 Å². The lowest BCUT2D eigenvalue weighted by molar-refractivity contribution is 0.475. The minimum absolute atomic E-state index is 0.276. The van der Waals surface area contributed by atoms with Crippen LogP contribution in [-0.2, 0) is 25.7 Å². The van der Waals surface area contributed by atoms with Crippen LogP contribution in [0.25, 0.3) is 0 Å². The summed E-state index contributed by atoms with van der Waals surface area (Å²) in [6.07, 6.45) is 4.58. The summed E-state index contributed by atoms with van der Waals surface area (Å²) in [7, 11) is 0. The number of nitrogens with two attached hydrogens (primary N) is 1. The number of nitrogen functional groups attached to an aromatic ring is 1. The van der Waals surface area contributed by atoms with Crippen LogP contribution in [0.4, 0.5) is 11.4 Å². The molecule has 0 saturated carbocycles. The number of phenols is 1. The molecule has 0 fully saturated rings. The average molecular weight is 415 g/mol. The van der Waals surface area contributed by atoms with Gasteiger partial charge in [-0.3, -0.25) is 4.99 Å². The first-order valence-corrected chi connectivity index (χ1v) is 11.4. The molecule has 0 saturated heterocycles. The molecule has 0 amide bonds. The van der Waals surface area contributed by atoms with Crippen LogP contribution >= 0.6 is 0 Å². The van der Waals surface area contributed by atoms with Gasteiger partial charge in [-0.25, -0.2) is 0 Å². The van der Waals surface area contributed by atoms with Gasteiger partial charge in [-0.2, -0.15) is 0 Å². The minimum atomic E-state index is 0.276. The lowest BCUT2D eigenvalue weighted by atomic mass is 9.94. The van der Waals surface area contributed by atoms with E-state index in [0.29, 0.717) is 0 Å². The largest absolute Gasteiger partial charge is 0.508 e. The van der Waals surface area contributed by atoms with E-state index in [1.807, 2.05) is 12.1 Å². The molecular formula is C28H34N2O. The third-order valence-electron chi connectivity index (χ3n) is 5.90. The van der Waals surface area contributed by atoms with Gasteiger partial charge < -0.3 is 10.8 Å². The summed E-state index contributed by atoms with van der Waals surface area (Å²) in [5.41, 5.74) is 16.7. The third-order valence-corrected chi connectivity index (χ3v) is 5.90. The number of aliphatic imine (C=N–C) groups is 1. The molecular weight excluding hydrogens is 380 g/mol. The van der Waals surface area contributed by atoms with Crippen molar-refractivity contribution in [1.82, 2.24) is 0 Å². The second kappa shape index (κ2) is 10.3. The maximum absolute atomic E-state index is 9.57. The first kappa shape index (κ1) is 22.6. The average Bonchev–Trinajstić information content (AvgIpc) is 2.79. The molecule has 3 heteroatoms. The van der Waals surface area contributed by atoms with Crippen LogP contribution in [-0.4, -0.2) is 10.8 Å². The monoisotopic (exact) mass is 414 g/mol. The van der Waals surface area contributed by atoms with Gasteiger partial charge in [0.05, 0.1) is 5.69 Å². The molecule has 31 heavy (non-hydrogen) atoms. The molecule has 3 rings (SSSR count). The normalized spacial score (nSPS) is 11.7. The van der Waals surface area contributed by atoms with E-state index in [-0.39, 0.29) is 5.75 Å². The maximum Gasteiger partial charge on any atom is 0.115 e. The number of rotatable bonds is 8. The van der Waals surface area contributed by atoms with Crippen LogP contribution in [0, 0.1) is 0 Å². The van der Waals surface area contributed by atoms with Gasteiger partial charge in [0.2, 0.25) is 0 Å². The zero-order chi connectivity index (χ0) is 22.4. The molecule has 0 aliphatic rings. The Morgan fingerprint density at radius 2 is 1.35 bits per heavy atom. The molecule has 3 aromatic carbocycles. The van der Waals surface area contributed by atoms with Crippen molar-refractivity contribution in [3.8, 4) is 5.75 Å². The minimum Gasteiger partial charge on any atom is -0.508 e. The number of hydrogen-bond donors (Lipinski definition) is 2. The summed E-state index contributed by atoms with van der Waals surface area (Å²) >= 11 is 0. The van der Waals surface area contributed by atoms with E-state index in [0.717, 1.165) is 54.8 Å². The fourth-order valence-electron chi connectivity index (χ4n) is 4.06. The van der Waals surface area contributed by atoms with Gasteiger partial charge in [0.1, 0.15) is 5.75 Å². The first-order chi connectivity index (χ1) is 15.0. The molecule has 0 radical (unpaired) electrons. The highest BCUT2D eigenvalue weighted by Gasteiger charge is 2.09. The highest BCUT2D eigenvalue weighted by molar-refractivity contribution is 6.02. The zero-order valence-corrected chi connectivity index (χ0v) is 19.2. The number of aryl methyl sites for hydroxylation is 3. The van der Waals surface area contributed by atoms with Crippen molar-refractivity contribution >= 4 is 17.1 Å². The van der Waals surface area contributed by atoms with Gasteiger partial charge in [0.15, 0.2) is 0 Å². The van der Waals surface area contributed by atoms with Gasteiger partial charge in [0.25, 0.3) is 0 Å². The lowest BCUT2D eigenvalue weighted by Gasteiger charge is -2.14. The molecule has 0 atom stereocenters. The van der Waals surface area contributed by atoms with Crippen molar-refractivity contribution in [3.05, 3.63) is 88.0 Å². The Morgan fingerprint density at radius 3 is 1.90 bits per heavy atom. The van der Waals surface area contributed by atoms with E-state index in [1.54, 1.807) is 12.1 Å². The third kappa shape index (κ3) is 5.35. The second-order valence-electron chi connectivity index (χ2n) is 7.99. The SMILES string of the molecule is CC/C(=N\c1ccc(Cc2cc(CC)c(N)c(CC)c2)cc1CC)c1ccc(O)cc1. The van der Waals surface area contributed by atoms with Crippen molar-refractivity contribution in [1.29, 1.82) is 0 Å². The molecule has 162 valence electrons. The Kier molecular flexibility index (Phi) is 7.51. The number of aromatic hydroxyl groups is 1. The zero-order valence-electron chi connectivity index (χ0n) is 19.2. The molecule has 3 nitrogen and oxygen atoms in total. The van der Waals surface area contributed by atoms with Crippen LogP contribution in [0.1, 0.15) is 67.5 Å². The molecule has 3 N–H and O–H groups in total. The highest BCUT2D eigenvalue weighted by Crippen LogP contribution is 2.27. The Labute approximate surface area is 186 Å². The standard InChI is InChI=1S/C28H34N2O/c1-5-21-16-19(15-20-17-22(6-2)28(29)23(7-3)18-20)9-14-27(21)30-26(8-4)24-10-12-25(31)13-11-24/h9-14,16-18,31H,5-8,15,29H2,1-4H3/b30-26+. The summed E-state index contributed by atoms with van der Waals surface area (Å²) in [5, 5.41) is 9.57. The molecule has 0 aliphatic carbocycles. The summed E-state index contributed by atoms with van der Waals surface area (Å²) in [6, 6.07) is 18.4. The molecule has 0 unspecified atom stereocenters. The van der Waals surface area contributed by atoms with Crippen molar-refractivity contribution < 1.29 is 5.11 Å². The van der Waals surface area contributed by atoms with Crippen molar-refractivity contribution in [2.75, 3.05) is 5.73 Å². The van der Waals surface area contributed by atoms with E-state index in [1.165, 1.54) is 27.8 Å². The lowest BCUT2D eigenvalue weighted by Crippen LogP contribution is -2.02. The second-order valence-corrected chi connectivity index (χ2v) is 7.99. The number of benzene rings is 3. The van der Waals surface area contributed by atoms with Crippen LogP contribution in [0.5, 0.6) is 5.75 Å². The quantitative estimate of drug-likeness (QED) is 0.315. The molecule has 0 aliphatic heterocycles. The van der Waals surface area contributed by atoms with Gasteiger partial charge in [-0.1, -0.05) is 52.0 Å². The Morgan fingerprint density at radius 1 is 0.774 bits per heavy atom. The Hall–Kier alpha value is -3.07. The number of nitrogens with zero attached hydrogens (tertiary/aromatic N) is 1. The van der Waals surface area contributed by atoms with E-state index in [9.17, 15) is 5.11 Å². The van der Waals surface area contributed by atoms with Gasteiger partial charge in [0, 0.05) is 11.4 Å². The fraction of sp³-hybridized carbons (Fsp3) is 0.321. The predicted octanol–water partition coefficient (Wildman–Crippen LogP) is 6.78. The first-order valence-electron chi connectivity index (χ1n) is 11.4. The summed E-state index contributed by atoms with van der Waals surface area (Å²) in [5.74, 6) is 0.276. The summed E-state index contributed by atoms with van der Waals surface area (Å²) < 4.78 is 0. The highest BCUT2D eigenvalue weighted by atomic mass is 16.3. The summed E-state index contributed by atoms with van der Waals surface area (Å²) in [6.45, 7) is 8.62. The number of phenolic OH excluding ortho intramolecular Hbond substituents is 1. The number of anilines is 1. The Balaban J connectivity index is 1.92. The smallest absolute Gasteiger partial charge is 0.115 e. The van der Waals surface area contributed by atoms with Crippen molar-refractivity contribution in [3.63, 3.8) is 0 Å². The van der Waals surface area contributed by atoms with E-state index >= 15 is 0 Å².